The van der Waals surface area contributed by atoms with E-state index >= 15 is 0 Å². The average Bonchev–Trinajstić information content (AvgIpc) is 2.44. The Morgan fingerprint density at radius 3 is 2.90 bits per heavy atom. The summed E-state index contributed by atoms with van der Waals surface area (Å²) in [7, 11) is 0. The van der Waals surface area contributed by atoms with Crippen LogP contribution < -0.4 is 11.1 Å². The fourth-order valence-electron chi connectivity index (χ4n) is 2.31. The molecule has 1 saturated carbocycles. The highest BCUT2D eigenvalue weighted by molar-refractivity contribution is 5.98. The van der Waals surface area contributed by atoms with Crippen LogP contribution in [0.25, 0.3) is 0 Å². The van der Waals surface area contributed by atoms with Gasteiger partial charge in [0.25, 0.3) is 11.6 Å². The minimum atomic E-state index is -0.731. The zero-order valence-electron chi connectivity index (χ0n) is 11.4. The molecule has 0 saturated heterocycles. The summed E-state index contributed by atoms with van der Waals surface area (Å²) in [6, 6.07) is 2.03. The molecule has 0 aliphatic heterocycles. The van der Waals surface area contributed by atoms with Crippen LogP contribution in [0.1, 0.15) is 23.7 Å². The highest BCUT2D eigenvalue weighted by Crippen LogP contribution is 2.25. The molecule has 21 heavy (non-hydrogen) atoms. The number of nitrogens with two attached hydrogens (primary N) is 1. The SMILES string of the molecule is CCOC1CC(N)C1NC(=O)c1cc(F)ccc1[N+](=O)[O-]. The van der Waals surface area contributed by atoms with E-state index in [2.05, 4.69) is 5.32 Å². The third-order valence-corrected chi connectivity index (χ3v) is 3.44. The fourth-order valence-corrected chi connectivity index (χ4v) is 2.31. The van der Waals surface area contributed by atoms with Crippen molar-refractivity contribution in [3.8, 4) is 0 Å². The van der Waals surface area contributed by atoms with Gasteiger partial charge in [0.15, 0.2) is 0 Å². The van der Waals surface area contributed by atoms with Gasteiger partial charge < -0.3 is 15.8 Å². The Balaban J connectivity index is 2.17. The molecule has 3 unspecified atom stereocenters. The van der Waals surface area contributed by atoms with Crippen LogP contribution in [0.3, 0.4) is 0 Å². The summed E-state index contributed by atoms with van der Waals surface area (Å²) in [6.45, 7) is 2.30. The normalized spacial score (nSPS) is 24.2. The lowest BCUT2D eigenvalue weighted by atomic mass is 9.83. The lowest BCUT2D eigenvalue weighted by Gasteiger charge is -2.42. The molecule has 1 aromatic carbocycles. The van der Waals surface area contributed by atoms with Gasteiger partial charge in [-0.15, -0.1) is 0 Å². The lowest BCUT2D eigenvalue weighted by molar-refractivity contribution is -0.385. The van der Waals surface area contributed by atoms with Gasteiger partial charge in [-0.2, -0.15) is 0 Å². The van der Waals surface area contributed by atoms with Gasteiger partial charge in [-0.05, 0) is 25.5 Å². The molecule has 2 rings (SSSR count). The molecule has 0 spiro atoms. The van der Waals surface area contributed by atoms with E-state index in [0.717, 1.165) is 18.2 Å². The van der Waals surface area contributed by atoms with Crippen molar-refractivity contribution < 1.29 is 18.8 Å². The zero-order chi connectivity index (χ0) is 15.6. The van der Waals surface area contributed by atoms with E-state index in [1.54, 1.807) is 0 Å². The number of carbonyl (C=O) groups excluding carboxylic acids is 1. The molecule has 1 aliphatic carbocycles. The molecule has 1 aliphatic rings. The van der Waals surface area contributed by atoms with Crippen molar-refractivity contribution in [2.45, 2.75) is 31.5 Å². The van der Waals surface area contributed by atoms with E-state index < -0.39 is 28.4 Å². The molecule has 3 N–H and O–H groups in total. The Morgan fingerprint density at radius 2 is 2.33 bits per heavy atom. The smallest absolute Gasteiger partial charge is 0.282 e. The molecule has 8 heteroatoms. The fraction of sp³-hybridized carbons (Fsp3) is 0.462. The standard InChI is InChI=1S/C13H16FN3O4/c1-2-21-11-6-9(15)12(11)16-13(18)8-5-7(14)3-4-10(8)17(19)20/h3-5,9,11-12H,2,6,15H2,1H3,(H,16,18). The van der Waals surface area contributed by atoms with Gasteiger partial charge >= 0.3 is 0 Å². The first-order chi connectivity index (χ1) is 9.93. The van der Waals surface area contributed by atoms with Crippen molar-refractivity contribution in [2.24, 2.45) is 5.73 Å². The highest BCUT2D eigenvalue weighted by Gasteiger charge is 2.41. The predicted octanol–water partition coefficient (Wildman–Crippen LogP) is 0.968. The molecular formula is C13H16FN3O4. The molecule has 1 aromatic rings. The average molecular weight is 297 g/mol. The van der Waals surface area contributed by atoms with E-state index in [1.807, 2.05) is 6.92 Å². The van der Waals surface area contributed by atoms with E-state index in [1.165, 1.54) is 0 Å². The Hall–Kier alpha value is -2.06. The number of halogens is 1. The summed E-state index contributed by atoms with van der Waals surface area (Å²) in [4.78, 5) is 22.3. The predicted molar refractivity (Wildman–Crippen MR) is 72.3 cm³/mol. The third kappa shape index (κ3) is 3.17. The number of nitro groups is 1. The Kier molecular flexibility index (Phi) is 4.49. The molecule has 1 amide bonds. The van der Waals surface area contributed by atoms with Gasteiger partial charge in [0, 0.05) is 18.7 Å². The number of hydrogen-bond acceptors (Lipinski definition) is 5. The van der Waals surface area contributed by atoms with Crippen molar-refractivity contribution in [3.05, 3.63) is 39.7 Å². The second kappa shape index (κ2) is 6.15. The topological polar surface area (TPSA) is 107 Å². The maximum Gasteiger partial charge on any atom is 0.282 e. The maximum absolute atomic E-state index is 13.2. The van der Waals surface area contributed by atoms with Crippen LogP contribution in [-0.2, 0) is 4.74 Å². The third-order valence-electron chi connectivity index (χ3n) is 3.44. The molecule has 0 heterocycles. The second-order valence-electron chi connectivity index (χ2n) is 4.81. The summed E-state index contributed by atoms with van der Waals surface area (Å²) in [5.41, 5.74) is 5.02. The number of rotatable bonds is 5. The number of nitrogens with one attached hydrogen (secondary N) is 1. The Bertz CT molecular complexity index is 564. The molecule has 0 bridgehead atoms. The summed E-state index contributed by atoms with van der Waals surface area (Å²) in [5.74, 6) is -1.45. The number of ether oxygens (including phenoxy) is 1. The van der Waals surface area contributed by atoms with Gasteiger partial charge in [0.1, 0.15) is 11.4 Å². The molecular weight excluding hydrogens is 281 g/mol. The van der Waals surface area contributed by atoms with Gasteiger partial charge in [-0.25, -0.2) is 4.39 Å². The van der Waals surface area contributed by atoms with Gasteiger partial charge in [-0.3, -0.25) is 14.9 Å². The van der Waals surface area contributed by atoms with Gasteiger partial charge in [0.05, 0.1) is 17.1 Å². The maximum atomic E-state index is 13.2. The monoisotopic (exact) mass is 297 g/mol. The van der Waals surface area contributed by atoms with Crippen molar-refractivity contribution in [1.29, 1.82) is 0 Å². The zero-order valence-corrected chi connectivity index (χ0v) is 11.4. The number of carbonyl (C=O) groups is 1. The number of hydrogen-bond donors (Lipinski definition) is 2. The van der Waals surface area contributed by atoms with Crippen molar-refractivity contribution >= 4 is 11.6 Å². The van der Waals surface area contributed by atoms with Crippen LogP contribution >= 0.6 is 0 Å². The van der Waals surface area contributed by atoms with E-state index in [0.29, 0.717) is 13.0 Å². The Morgan fingerprint density at radius 1 is 1.62 bits per heavy atom. The minimum Gasteiger partial charge on any atom is -0.376 e. The van der Waals surface area contributed by atoms with Crippen LogP contribution in [0.15, 0.2) is 18.2 Å². The summed E-state index contributed by atoms with van der Waals surface area (Å²) in [5, 5.41) is 13.5. The lowest BCUT2D eigenvalue weighted by Crippen LogP contribution is -2.64. The van der Waals surface area contributed by atoms with Gasteiger partial charge in [0.2, 0.25) is 0 Å². The van der Waals surface area contributed by atoms with Crippen molar-refractivity contribution in [3.63, 3.8) is 0 Å². The molecule has 1 fully saturated rings. The molecule has 0 aromatic heterocycles. The molecule has 7 nitrogen and oxygen atoms in total. The van der Waals surface area contributed by atoms with E-state index in [9.17, 15) is 19.3 Å². The molecule has 3 atom stereocenters. The van der Waals surface area contributed by atoms with Crippen molar-refractivity contribution in [1.82, 2.24) is 5.32 Å². The summed E-state index contributed by atoms with van der Waals surface area (Å²) in [6.07, 6.45) is 0.380. The number of nitro benzene ring substituents is 1. The van der Waals surface area contributed by atoms with E-state index in [4.69, 9.17) is 10.5 Å². The summed E-state index contributed by atoms with van der Waals surface area (Å²) >= 11 is 0. The molecule has 0 radical (unpaired) electrons. The first kappa shape index (κ1) is 15.3. The largest absolute Gasteiger partial charge is 0.376 e. The number of nitrogens with zero attached hydrogens (tertiary/aromatic N) is 1. The van der Waals surface area contributed by atoms with Crippen LogP contribution in [-0.4, -0.2) is 35.6 Å². The van der Waals surface area contributed by atoms with Crippen molar-refractivity contribution in [2.75, 3.05) is 6.61 Å². The first-order valence-corrected chi connectivity index (χ1v) is 6.56. The highest BCUT2D eigenvalue weighted by atomic mass is 19.1. The quantitative estimate of drug-likeness (QED) is 0.622. The molecule has 114 valence electrons. The number of amides is 1. The van der Waals surface area contributed by atoms with Crippen LogP contribution in [0.5, 0.6) is 0 Å². The summed E-state index contributed by atoms with van der Waals surface area (Å²) < 4.78 is 18.6. The van der Waals surface area contributed by atoms with E-state index in [-0.39, 0.29) is 17.7 Å². The second-order valence-corrected chi connectivity index (χ2v) is 4.81. The first-order valence-electron chi connectivity index (χ1n) is 6.56. The van der Waals surface area contributed by atoms with Crippen LogP contribution in [0.4, 0.5) is 10.1 Å². The van der Waals surface area contributed by atoms with Crippen LogP contribution in [0.2, 0.25) is 0 Å². The van der Waals surface area contributed by atoms with Gasteiger partial charge in [-0.1, -0.05) is 0 Å². The minimum absolute atomic E-state index is 0.221. The Labute approximate surface area is 120 Å². The van der Waals surface area contributed by atoms with Crippen LogP contribution in [0, 0.1) is 15.9 Å². The number of benzene rings is 1.